The SMILES string of the molecule is Cc1occc1CN(C)CC(O)CCl. The highest BCUT2D eigenvalue weighted by molar-refractivity contribution is 6.18. The number of aliphatic hydroxyl groups is 1. The Balaban J connectivity index is 2.41. The summed E-state index contributed by atoms with van der Waals surface area (Å²) >= 11 is 5.51. The maximum atomic E-state index is 9.33. The van der Waals surface area contributed by atoms with Gasteiger partial charge in [-0.05, 0) is 20.0 Å². The summed E-state index contributed by atoms with van der Waals surface area (Å²) in [6.07, 6.45) is 1.21. The molecule has 0 aromatic carbocycles. The van der Waals surface area contributed by atoms with E-state index in [0.717, 1.165) is 17.9 Å². The van der Waals surface area contributed by atoms with Crippen LogP contribution in [0.1, 0.15) is 11.3 Å². The van der Waals surface area contributed by atoms with Crippen LogP contribution in [0.2, 0.25) is 0 Å². The van der Waals surface area contributed by atoms with Gasteiger partial charge in [-0.15, -0.1) is 11.6 Å². The number of nitrogens with zero attached hydrogens (tertiary/aromatic N) is 1. The molecular weight excluding hydrogens is 202 g/mol. The lowest BCUT2D eigenvalue weighted by molar-refractivity contribution is 0.140. The fourth-order valence-corrected chi connectivity index (χ4v) is 1.44. The van der Waals surface area contributed by atoms with Crippen molar-refractivity contribution in [3.63, 3.8) is 0 Å². The molecule has 1 heterocycles. The molecule has 1 aromatic rings. The van der Waals surface area contributed by atoms with Crippen molar-refractivity contribution in [2.24, 2.45) is 0 Å². The number of aliphatic hydroxyl groups excluding tert-OH is 1. The zero-order chi connectivity index (χ0) is 10.6. The molecule has 3 nitrogen and oxygen atoms in total. The number of halogens is 1. The Morgan fingerprint density at radius 2 is 2.36 bits per heavy atom. The summed E-state index contributed by atoms with van der Waals surface area (Å²) < 4.78 is 5.18. The number of likely N-dealkylation sites (N-methyl/N-ethyl adjacent to an activating group) is 1. The molecule has 4 heteroatoms. The minimum absolute atomic E-state index is 0.273. The van der Waals surface area contributed by atoms with E-state index in [1.807, 2.05) is 24.9 Å². The second-order valence-corrected chi connectivity index (χ2v) is 3.82. The van der Waals surface area contributed by atoms with Gasteiger partial charge < -0.3 is 9.52 Å². The summed E-state index contributed by atoms with van der Waals surface area (Å²) in [6, 6.07) is 1.94. The zero-order valence-corrected chi connectivity index (χ0v) is 9.29. The topological polar surface area (TPSA) is 36.6 Å². The quantitative estimate of drug-likeness (QED) is 0.762. The molecular formula is C10H16ClNO2. The van der Waals surface area contributed by atoms with Gasteiger partial charge in [-0.3, -0.25) is 4.90 Å². The van der Waals surface area contributed by atoms with Gasteiger partial charge in [-0.2, -0.15) is 0 Å². The van der Waals surface area contributed by atoms with Gasteiger partial charge in [0.15, 0.2) is 0 Å². The van der Waals surface area contributed by atoms with E-state index in [1.54, 1.807) is 6.26 Å². The summed E-state index contributed by atoms with van der Waals surface area (Å²) in [6.45, 7) is 3.28. The number of alkyl halides is 1. The Labute approximate surface area is 89.3 Å². The molecule has 1 rings (SSSR count). The largest absolute Gasteiger partial charge is 0.469 e. The summed E-state index contributed by atoms with van der Waals surface area (Å²) in [5.74, 6) is 1.20. The lowest BCUT2D eigenvalue weighted by atomic mass is 10.2. The fourth-order valence-electron chi connectivity index (χ4n) is 1.34. The summed E-state index contributed by atoms with van der Waals surface area (Å²) in [7, 11) is 1.95. The first-order chi connectivity index (χ1) is 6.63. The first-order valence-electron chi connectivity index (χ1n) is 4.59. The monoisotopic (exact) mass is 217 g/mol. The maximum Gasteiger partial charge on any atom is 0.105 e. The van der Waals surface area contributed by atoms with Crippen LogP contribution in [0.3, 0.4) is 0 Å². The van der Waals surface area contributed by atoms with Gasteiger partial charge in [0.25, 0.3) is 0 Å². The fraction of sp³-hybridized carbons (Fsp3) is 0.600. The van der Waals surface area contributed by atoms with Crippen LogP contribution in [-0.2, 0) is 6.54 Å². The number of rotatable bonds is 5. The lowest BCUT2D eigenvalue weighted by Gasteiger charge is -2.18. The molecule has 0 spiro atoms. The van der Waals surface area contributed by atoms with E-state index >= 15 is 0 Å². The van der Waals surface area contributed by atoms with Crippen LogP contribution < -0.4 is 0 Å². The van der Waals surface area contributed by atoms with Gasteiger partial charge >= 0.3 is 0 Å². The smallest absolute Gasteiger partial charge is 0.105 e. The average molecular weight is 218 g/mol. The highest BCUT2D eigenvalue weighted by Crippen LogP contribution is 2.11. The van der Waals surface area contributed by atoms with Crippen molar-refractivity contribution in [3.8, 4) is 0 Å². The average Bonchev–Trinajstić information content (AvgIpc) is 2.51. The number of furan rings is 1. The van der Waals surface area contributed by atoms with Gasteiger partial charge in [0.05, 0.1) is 12.4 Å². The molecule has 0 saturated carbocycles. The van der Waals surface area contributed by atoms with Crippen LogP contribution in [0, 0.1) is 6.92 Å². The second-order valence-electron chi connectivity index (χ2n) is 3.51. The van der Waals surface area contributed by atoms with Crippen molar-refractivity contribution in [2.75, 3.05) is 19.5 Å². The molecule has 0 radical (unpaired) electrons. The molecule has 0 bridgehead atoms. The highest BCUT2D eigenvalue weighted by Gasteiger charge is 2.09. The molecule has 1 aromatic heterocycles. The molecule has 0 aliphatic carbocycles. The van der Waals surface area contributed by atoms with E-state index in [-0.39, 0.29) is 5.88 Å². The predicted molar refractivity (Wildman–Crippen MR) is 56.5 cm³/mol. The van der Waals surface area contributed by atoms with Gasteiger partial charge in [-0.25, -0.2) is 0 Å². The van der Waals surface area contributed by atoms with E-state index in [0.29, 0.717) is 6.54 Å². The van der Waals surface area contributed by atoms with Crippen molar-refractivity contribution in [1.29, 1.82) is 0 Å². The maximum absolute atomic E-state index is 9.33. The third kappa shape index (κ3) is 3.33. The van der Waals surface area contributed by atoms with Crippen LogP contribution >= 0.6 is 11.6 Å². The van der Waals surface area contributed by atoms with Crippen LogP contribution in [0.25, 0.3) is 0 Å². The molecule has 80 valence electrons. The standard InChI is InChI=1S/C10H16ClNO2/c1-8-9(3-4-14-8)6-12(2)7-10(13)5-11/h3-4,10,13H,5-7H2,1-2H3. The number of hydrogen-bond acceptors (Lipinski definition) is 3. The molecule has 0 fully saturated rings. The first kappa shape index (κ1) is 11.6. The first-order valence-corrected chi connectivity index (χ1v) is 5.12. The van der Waals surface area contributed by atoms with Gasteiger partial charge in [-0.1, -0.05) is 0 Å². The van der Waals surface area contributed by atoms with Gasteiger partial charge in [0.2, 0.25) is 0 Å². The molecule has 14 heavy (non-hydrogen) atoms. The van der Waals surface area contributed by atoms with Crippen LogP contribution in [0.4, 0.5) is 0 Å². The van der Waals surface area contributed by atoms with Crippen LogP contribution in [-0.4, -0.2) is 35.6 Å². The molecule has 1 atom stereocenters. The van der Waals surface area contributed by atoms with E-state index in [4.69, 9.17) is 16.0 Å². The predicted octanol–water partition coefficient (Wildman–Crippen LogP) is 1.62. The normalized spacial score (nSPS) is 13.5. The van der Waals surface area contributed by atoms with Crippen molar-refractivity contribution < 1.29 is 9.52 Å². The van der Waals surface area contributed by atoms with Crippen molar-refractivity contribution in [1.82, 2.24) is 4.90 Å². The molecule has 1 N–H and O–H groups in total. The minimum atomic E-state index is -0.464. The Kier molecular flexibility index (Phi) is 4.45. The van der Waals surface area contributed by atoms with Crippen LogP contribution in [0.5, 0.6) is 0 Å². The molecule has 0 saturated heterocycles. The highest BCUT2D eigenvalue weighted by atomic mass is 35.5. The Morgan fingerprint density at radius 3 is 2.86 bits per heavy atom. The van der Waals surface area contributed by atoms with E-state index in [9.17, 15) is 5.11 Å². The Morgan fingerprint density at radius 1 is 1.64 bits per heavy atom. The molecule has 0 aliphatic rings. The Bertz CT molecular complexity index is 275. The lowest BCUT2D eigenvalue weighted by Crippen LogP contribution is -2.29. The summed E-state index contributed by atoms with van der Waals surface area (Å²) in [4.78, 5) is 2.02. The van der Waals surface area contributed by atoms with Crippen molar-refractivity contribution >= 4 is 11.6 Å². The molecule has 1 unspecified atom stereocenters. The van der Waals surface area contributed by atoms with Crippen molar-refractivity contribution in [2.45, 2.75) is 19.6 Å². The summed E-state index contributed by atoms with van der Waals surface area (Å²) in [5.41, 5.74) is 1.15. The Hall–Kier alpha value is -0.510. The van der Waals surface area contributed by atoms with E-state index in [2.05, 4.69) is 0 Å². The third-order valence-electron chi connectivity index (χ3n) is 2.11. The third-order valence-corrected chi connectivity index (χ3v) is 2.46. The van der Waals surface area contributed by atoms with E-state index in [1.165, 1.54) is 0 Å². The molecule has 0 amide bonds. The van der Waals surface area contributed by atoms with Crippen molar-refractivity contribution in [3.05, 3.63) is 23.7 Å². The summed E-state index contributed by atoms with van der Waals surface area (Å²) in [5, 5.41) is 9.33. The zero-order valence-electron chi connectivity index (χ0n) is 8.53. The van der Waals surface area contributed by atoms with E-state index < -0.39 is 6.10 Å². The van der Waals surface area contributed by atoms with Gasteiger partial charge in [0.1, 0.15) is 5.76 Å². The van der Waals surface area contributed by atoms with Gasteiger partial charge in [0, 0.05) is 24.5 Å². The molecule has 0 aliphatic heterocycles. The minimum Gasteiger partial charge on any atom is -0.469 e. The van der Waals surface area contributed by atoms with Crippen LogP contribution in [0.15, 0.2) is 16.7 Å². The number of hydrogen-bond donors (Lipinski definition) is 1. The number of aryl methyl sites for hydroxylation is 1. The second kappa shape index (κ2) is 5.39.